The minimum Gasteiger partial charge on any atom is -0.490 e. The fourth-order valence-electron chi connectivity index (χ4n) is 2.31. The van der Waals surface area contributed by atoms with Crippen LogP contribution in [0.25, 0.3) is 0 Å². The van der Waals surface area contributed by atoms with Gasteiger partial charge in [0, 0.05) is 24.2 Å². The van der Waals surface area contributed by atoms with Crippen molar-refractivity contribution in [2.75, 3.05) is 20.3 Å². The first-order valence-corrected chi connectivity index (χ1v) is 10.8. The number of benzene rings is 1. The van der Waals surface area contributed by atoms with Crippen molar-refractivity contribution in [3.63, 3.8) is 0 Å². The van der Waals surface area contributed by atoms with E-state index in [1.54, 1.807) is 18.3 Å². The van der Waals surface area contributed by atoms with Crippen molar-refractivity contribution in [2.24, 2.45) is 0 Å². The van der Waals surface area contributed by atoms with E-state index in [1.807, 2.05) is 0 Å². The van der Waals surface area contributed by atoms with Crippen molar-refractivity contribution < 1.29 is 27.5 Å². The minimum atomic E-state index is -4.01. The van der Waals surface area contributed by atoms with Crippen LogP contribution in [-0.2, 0) is 24.3 Å². The van der Waals surface area contributed by atoms with Crippen LogP contribution >= 0.6 is 11.6 Å². The van der Waals surface area contributed by atoms with Gasteiger partial charge in [-0.1, -0.05) is 11.6 Å². The van der Waals surface area contributed by atoms with Crippen LogP contribution in [0.1, 0.15) is 12.8 Å². The fourth-order valence-corrected chi connectivity index (χ4v) is 3.62. The smallest absolute Gasteiger partial charge is 0.305 e. The van der Waals surface area contributed by atoms with E-state index < -0.39 is 27.9 Å². The molecule has 162 valence electrons. The molecule has 2 rings (SSSR count). The number of hydrogen-bond donors (Lipinski definition) is 2. The Bertz CT molecular complexity index is 939. The van der Waals surface area contributed by atoms with Gasteiger partial charge in [0.1, 0.15) is 18.4 Å². The van der Waals surface area contributed by atoms with Gasteiger partial charge in [-0.15, -0.1) is 0 Å². The predicted octanol–water partition coefficient (Wildman–Crippen LogP) is 1.53. The van der Waals surface area contributed by atoms with Gasteiger partial charge in [0.05, 0.1) is 18.2 Å². The highest BCUT2D eigenvalue weighted by atomic mass is 35.5. The Balaban J connectivity index is 2.06. The first-order chi connectivity index (χ1) is 14.3. The zero-order valence-electron chi connectivity index (χ0n) is 16.2. The number of ether oxygens (including phenoxy) is 2. The Kier molecular flexibility index (Phi) is 9.03. The Morgan fingerprint density at radius 1 is 1.20 bits per heavy atom. The predicted molar refractivity (Wildman–Crippen MR) is 110 cm³/mol. The summed E-state index contributed by atoms with van der Waals surface area (Å²) >= 11 is 5.80. The van der Waals surface area contributed by atoms with Gasteiger partial charge >= 0.3 is 5.97 Å². The molecule has 30 heavy (non-hydrogen) atoms. The van der Waals surface area contributed by atoms with Gasteiger partial charge in [-0.05, 0) is 42.8 Å². The first kappa shape index (κ1) is 23.6. The minimum absolute atomic E-state index is 0.0447. The lowest BCUT2D eigenvalue weighted by Crippen LogP contribution is -2.50. The van der Waals surface area contributed by atoms with Gasteiger partial charge in [-0.2, -0.15) is 4.72 Å². The van der Waals surface area contributed by atoms with Gasteiger partial charge in [-0.25, -0.2) is 8.42 Å². The van der Waals surface area contributed by atoms with Crippen LogP contribution in [-0.4, -0.2) is 51.6 Å². The quantitative estimate of drug-likeness (QED) is 0.389. The molecule has 0 aliphatic rings. The summed E-state index contributed by atoms with van der Waals surface area (Å²) in [6.07, 6.45) is 3.48. The number of amides is 1. The van der Waals surface area contributed by atoms with Crippen molar-refractivity contribution in [2.45, 2.75) is 23.8 Å². The molecule has 0 fully saturated rings. The molecule has 0 unspecified atom stereocenters. The van der Waals surface area contributed by atoms with E-state index in [4.69, 9.17) is 16.3 Å². The highest BCUT2D eigenvalue weighted by Gasteiger charge is 2.26. The van der Waals surface area contributed by atoms with E-state index in [-0.39, 0.29) is 24.5 Å². The van der Waals surface area contributed by atoms with Gasteiger partial charge in [0.25, 0.3) is 0 Å². The average Bonchev–Trinajstić information content (AvgIpc) is 2.74. The summed E-state index contributed by atoms with van der Waals surface area (Å²) in [5.74, 6) is -0.614. The van der Waals surface area contributed by atoms with Crippen LogP contribution in [0.3, 0.4) is 0 Å². The van der Waals surface area contributed by atoms with E-state index >= 15 is 0 Å². The zero-order valence-corrected chi connectivity index (χ0v) is 17.8. The second-order valence-electron chi connectivity index (χ2n) is 6.10. The summed E-state index contributed by atoms with van der Waals surface area (Å²) in [5.41, 5.74) is 0. The standard InChI is InChI=1S/C19H22ClN3O6S/c1-28-18(24)5-3-11-22-19(25)17(13-29-15-4-2-10-21-12-15)23-30(26,27)16-8-6-14(20)7-9-16/h2,4,6-10,12,17,23H,3,5,11,13H2,1H3,(H,22,25)/t17-/m0/s1. The number of hydrogen-bond acceptors (Lipinski definition) is 7. The third-order valence-corrected chi connectivity index (χ3v) is 5.61. The number of aromatic nitrogens is 1. The molecule has 0 aliphatic heterocycles. The van der Waals surface area contributed by atoms with Crippen molar-refractivity contribution in [3.8, 4) is 5.75 Å². The number of rotatable bonds is 11. The molecule has 1 amide bonds. The van der Waals surface area contributed by atoms with Crippen LogP contribution in [0.15, 0.2) is 53.7 Å². The molecule has 1 aromatic carbocycles. The molecule has 0 spiro atoms. The topological polar surface area (TPSA) is 124 Å². The number of carbonyl (C=O) groups excluding carboxylic acids is 2. The summed E-state index contributed by atoms with van der Waals surface area (Å²) in [5, 5.41) is 2.97. The Morgan fingerprint density at radius 2 is 1.93 bits per heavy atom. The number of sulfonamides is 1. The van der Waals surface area contributed by atoms with Crippen molar-refractivity contribution >= 4 is 33.5 Å². The lowest BCUT2D eigenvalue weighted by atomic mass is 10.2. The molecule has 11 heteroatoms. The van der Waals surface area contributed by atoms with Gasteiger partial charge in [0.15, 0.2) is 0 Å². The summed E-state index contributed by atoms with van der Waals surface area (Å²) in [7, 11) is -2.74. The Labute approximate surface area is 179 Å². The molecule has 2 N–H and O–H groups in total. The van der Waals surface area contributed by atoms with Crippen LogP contribution in [0.4, 0.5) is 0 Å². The summed E-state index contributed by atoms with van der Waals surface area (Å²) in [4.78, 5) is 27.6. The SMILES string of the molecule is COC(=O)CCCNC(=O)[C@H](COc1cccnc1)NS(=O)(=O)c1ccc(Cl)cc1. The molecule has 0 saturated heterocycles. The summed E-state index contributed by atoms with van der Waals surface area (Å²) < 4.78 is 37.7. The highest BCUT2D eigenvalue weighted by Crippen LogP contribution is 2.15. The second-order valence-corrected chi connectivity index (χ2v) is 8.25. The largest absolute Gasteiger partial charge is 0.490 e. The number of carbonyl (C=O) groups is 2. The molecule has 1 aromatic heterocycles. The van der Waals surface area contributed by atoms with Crippen LogP contribution in [0.2, 0.25) is 5.02 Å². The summed E-state index contributed by atoms with van der Waals surface area (Å²) in [6.45, 7) is -0.0959. The molecule has 1 heterocycles. The van der Waals surface area contributed by atoms with E-state index in [2.05, 4.69) is 19.8 Å². The second kappa shape index (κ2) is 11.5. The molecular weight excluding hydrogens is 434 g/mol. The number of nitrogens with one attached hydrogen (secondary N) is 2. The molecule has 1 atom stereocenters. The molecule has 0 bridgehead atoms. The maximum atomic E-state index is 12.7. The molecule has 2 aromatic rings. The zero-order chi connectivity index (χ0) is 22.0. The lowest BCUT2D eigenvalue weighted by Gasteiger charge is -2.19. The molecule has 0 radical (unpaired) electrons. The number of pyridine rings is 1. The summed E-state index contributed by atoms with van der Waals surface area (Å²) in [6, 6.07) is 7.59. The molecular formula is C19H22ClN3O6S. The number of halogens is 1. The van der Waals surface area contributed by atoms with Crippen LogP contribution in [0.5, 0.6) is 5.75 Å². The number of esters is 1. The maximum absolute atomic E-state index is 12.7. The highest BCUT2D eigenvalue weighted by molar-refractivity contribution is 7.89. The third-order valence-electron chi connectivity index (χ3n) is 3.87. The van der Waals surface area contributed by atoms with Gasteiger partial charge in [0.2, 0.25) is 15.9 Å². The van der Waals surface area contributed by atoms with E-state index in [1.165, 1.54) is 37.6 Å². The average molecular weight is 456 g/mol. The van der Waals surface area contributed by atoms with E-state index in [0.717, 1.165) is 0 Å². The fraction of sp³-hybridized carbons (Fsp3) is 0.316. The van der Waals surface area contributed by atoms with Crippen molar-refractivity contribution in [1.82, 2.24) is 15.0 Å². The van der Waals surface area contributed by atoms with Crippen LogP contribution in [0, 0.1) is 0 Å². The molecule has 0 saturated carbocycles. The number of nitrogens with zero attached hydrogens (tertiary/aromatic N) is 1. The van der Waals surface area contributed by atoms with E-state index in [9.17, 15) is 18.0 Å². The maximum Gasteiger partial charge on any atom is 0.305 e. The molecule has 0 aliphatic carbocycles. The van der Waals surface area contributed by atoms with Crippen molar-refractivity contribution in [3.05, 3.63) is 53.8 Å². The van der Waals surface area contributed by atoms with Gasteiger partial charge < -0.3 is 14.8 Å². The Morgan fingerprint density at radius 3 is 2.57 bits per heavy atom. The lowest BCUT2D eigenvalue weighted by molar-refractivity contribution is -0.140. The van der Waals surface area contributed by atoms with Gasteiger partial charge in [-0.3, -0.25) is 14.6 Å². The third kappa shape index (κ3) is 7.62. The van der Waals surface area contributed by atoms with Crippen molar-refractivity contribution in [1.29, 1.82) is 0 Å². The monoisotopic (exact) mass is 455 g/mol. The normalized spacial score (nSPS) is 12.1. The molecule has 9 nitrogen and oxygen atoms in total. The Hall–Kier alpha value is -2.69. The van der Waals surface area contributed by atoms with Crippen LogP contribution < -0.4 is 14.8 Å². The first-order valence-electron chi connectivity index (χ1n) is 8.97. The number of methoxy groups -OCH3 is 1. The van der Waals surface area contributed by atoms with E-state index in [0.29, 0.717) is 17.2 Å².